The van der Waals surface area contributed by atoms with Gasteiger partial charge in [0.15, 0.2) is 5.13 Å². The van der Waals surface area contributed by atoms with E-state index < -0.39 is 0 Å². The molecule has 3 aromatic rings. The molecule has 4 rings (SSSR count). The Bertz CT molecular complexity index is 946. The molecule has 28 heavy (non-hydrogen) atoms. The molecule has 0 spiro atoms. The molecule has 0 aliphatic carbocycles. The standard InChI is InChI=1S/C20H22ClN5OS/c1-13-18(14-5-7-16(27-2)8-6-14)28-20(23-13)25-19-22-10-9-17(24-19)26-11-3-4-15(21)12-26/h5-10,15H,3-4,11-12H2,1-2H3,(H,22,23,24,25). The highest BCUT2D eigenvalue weighted by Crippen LogP contribution is 2.34. The molecule has 1 atom stereocenters. The first-order valence-electron chi connectivity index (χ1n) is 9.23. The number of hydrogen-bond acceptors (Lipinski definition) is 7. The minimum absolute atomic E-state index is 0.175. The molecule has 0 bridgehead atoms. The highest BCUT2D eigenvalue weighted by atomic mass is 35.5. The monoisotopic (exact) mass is 415 g/mol. The number of piperidine rings is 1. The molecule has 1 unspecified atom stereocenters. The quantitative estimate of drug-likeness (QED) is 0.600. The van der Waals surface area contributed by atoms with Crippen LogP contribution in [0.1, 0.15) is 18.5 Å². The number of thiazole rings is 1. The summed E-state index contributed by atoms with van der Waals surface area (Å²) in [7, 11) is 1.67. The van der Waals surface area contributed by atoms with Crippen LogP contribution in [0.3, 0.4) is 0 Å². The first kappa shape index (κ1) is 19.0. The lowest BCUT2D eigenvalue weighted by atomic mass is 10.1. The van der Waals surface area contributed by atoms with Gasteiger partial charge >= 0.3 is 0 Å². The summed E-state index contributed by atoms with van der Waals surface area (Å²) in [6, 6.07) is 9.92. The van der Waals surface area contributed by atoms with Gasteiger partial charge in [-0.15, -0.1) is 11.6 Å². The maximum Gasteiger partial charge on any atom is 0.230 e. The predicted molar refractivity (Wildman–Crippen MR) is 115 cm³/mol. The lowest BCUT2D eigenvalue weighted by Crippen LogP contribution is -2.36. The summed E-state index contributed by atoms with van der Waals surface area (Å²) in [5, 5.41) is 4.20. The molecule has 0 saturated carbocycles. The lowest BCUT2D eigenvalue weighted by molar-refractivity contribution is 0.415. The zero-order chi connectivity index (χ0) is 19.5. The van der Waals surface area contributed by atoms with E-state index in [1.54, 1.807) is 24.6 Å². The summed E-state index contributed by atoms with van der Waals surface area (Å²) in [4.78, 5) is 17.0. The van der Waals surface area contributed by atoms with Crippen LogP contribution in [0.15, 0.2) is 36.5 Å². The number of nitrogens with zero attached hydrogens (tertiary/aromatic N) is 4. The van der Waals surface area contributed by atoms with E-state index >= 15 is 0 Å². The average Bonchev–Trinajstić information content (AvgIpc) is 3.08. The van der Waals surface area contributed by atoms with Crippen molar-refractivity contribution in [3.63, 3.8) is 0 Å². The lowest BCUT2D eigenvalue weighted by Gasteiger charge is -2.30. The van der Waals surface area contributed by atoms with Gasteiger partial charge in [-0.2, -0.15) is 4.98 Å². The van der Waals surface area contributed by atoms with Gasteiger partial charge in [-0.25, -0.2) is 9.97 Å². The van der Waals surface area contributed by atoms with E-state index in [-0.39, 0.29) is 5.38 Å². The Labute approximate surface area is 173 Å². The Morgan fingerprint density at radius 2 is 2.04 bits per heavy atom. The van der Waals surface area contributed by atoms with Crippen molar-refractivity contribution in [3.05, 3.63) is 42.2 Å². The second-order valence-electron chi connectivity index (χ2n) is 6.71. The van der Waals surface area contributed by atoms with Crippen molar-refractivity contribution in [2.24, 2.45) is 0 Å². The zero-order valence-electron chi connectivity index (χ0n) is 15.9. The van der Waals surface area contributed by atoms with Gasteiger partial charge in [0.25, 0.3) is 0 Å². The summed E-state index contributed by atoms with van der Waals surface area (Å²) in [6.07, 6.45) is 3.91. The van der Waals surface area contributed by atoms with Crippen LogP contribution in [-0.2, 0) is 0 Å². The van der Waals surface area contributed by atoms with Crippen LogP contribution in [-0.4, -0.2) is 40.5 Å². The Balaban J connectivity index is 1.52. The molecule has 1 saturated heterocycles. The molecule has 1 aliphatic rings. The van der Waals surface area contributed by atoms with E-state index in [1.807, 2.05) is 37.3 Å². The van der Waals surface area contributed by atoms with E-state index in [9.17, 15) is 0 Å². The van der Waals surface area contributed by atoms with Crippen LogP contribution >= 0.6 is 22.9 Å². The van der Waals surface area contributed by atoms with E-state index in [1.165, 1.54) is 0 Å². The highest BCUT2D eigenvalue weighted by Gasteiger charge is 2.19. The minimum atomic E-state index is 0.175. The number of ether oxygens (including phenoxy) is 1. The predicted octanol–water partition coefficient (Wildman–Crippen LogP) is 4.87. The molecular formula is C20H22ClN5OS. The maximum atomic E-state index is 6.31. The molecule has 1 aromatic carbocycles. The Hall–Kier alpha value is -2.38. The van der Waals surface area contributed by atoms with Gasteiger partial charge in [0.05, 0.1) is 23.1 Å². The first-order valence-corrected chi connectivity index (χ1v) is 10.5. The fourth-order valence-corrected chi connectivity index (χ4v) is 4.56. The van der Waals surface area contributed by atoms with E-state index in [2.05, 4.69) is 25.2 Å². The number of aryl methyl sites for hydroxylation is 1. The maximum absolute atomic E-state index is 6.31. The van der Waals surface area contributed by atoms with Crippen molar-refractivity contribution in [1.82, 2.24) is 15.0 Å². The number of aromatic nitrogens is 3. The van der Waals surface area contributed by atoms with Gasteiger partial charge in [-0.1, -0.05) is 11.3 Å². The van der Waals surface area contributed by atoms with Gasteiger partial charge in [0.1, 0.15) is 11.6 Å². The van der Waals surface area contributed by atoms with Crippen molar-refractivity contribution in [3.8, 4) is 16.2 Å². The first-order chi connectivity index (χ1) is 13.6. The summed E-state index contributed by atoms with van der Waals surface area (Å²) in [6.45, 7) is 3.79. The summed E-state index contributed by atoms with van der Waals surface area (Å²) < 4.78 is 5.23. The molecule has 1 fully saturated rings. The number of halogens is 1. The Kier molecular flexibility index (Phi) is 5.64. The molecule has 146 valence electrons. The molecule has 0 amide bonds. The third-order valence-corrected chi connectivity index (χ3v) is 6.17. The van der Waals surface area contributed by atoms with Crippen LogP contribution in [0.25, 0.3) is 10.4 Å². The molecule has 3 heterocycles. The topological polar surface area (TPSA) is 63.2 Å². The fraction of sp³-hybridized carbons (Fsp3) is 0.350. The molecular weight excluding hydrogens is 394 g/mol. The van der Waals surface area contributed by atoms with Gasteiger partial charge in [-0.05, 0) is 55.7 Å². The van der Waals surface area contributed by atoms with Crippen LogP contribution in [0.4, 0.5) is 16.9 Å². The number of nitrogens with one attached hydrogen (secondary N) is 1. The average molecular weight is 416 g/mol. The largest absolute Gasteiger partial charge is 0.497 e. The van der Waals surface area contributed by atoms with Crippen molar-refractivity contribution in [2.75, 3.05) is 30.4 Å². The molecule has 1 N–H and O–H groups in total. The van der Waals surface area contributed by atoms with Gasteiger partial charge in [-0.3, -0.25) is 5.32 Å². The van der Waals surface area contributed by atoms with Gasteiger partial charge < -0.3 is 9.64 Å². The van der Waals surface area contributed by atoms with Crippen LogP contribution < -0.4 is 15.0 Å². The molecule has 0 radical (unpaired) electrons. The number of rotatable bonds is 5. The van der Waals surface area contributed by atoms with Crippen molar-refractivity contribution >= 4 is 39.8 Å². The molecule has 8 heteroatoms. The van der Waals surface area contributed by atoms with Crippen molar-refractivity contribution in [1.29, 1.82) is 0 Å². The second-order valence-corrected chi connectivity index (χ2v) is 8.33. The van der Waals surface area contributed by atoms with Crippen LogP contribution in [0, 0.1) is 6.92 Å². The molecule has 6 nitrogen and oxygen atoms in total. The number of anilines is 3. The Morgan fingerprint density at radius 1 is 1.21 bits per heavy atom. The third-order valence-electron chi connectivity index (χ3n) is 4.70. The smallest absolute Gasteiger partial charge is 0.230 e. The highest BCUT2D eigenvalue weighted by molar-refractivity contribution is 7.19. The molecule has 1 aliphatic heterocycles. The third kappa shape index (κ3) is 4.20. The number of benzene rings is 1. The SMILES string of the molecule is COc1ccc(-c2sc(Nc3nccc(N4CCCC(Cl)C4)n3)nc2C)cc1. The minimum Gasteiger partial charge on any atom is -0.497 e. The van der Waals surface area contributed by atoms with Crippen LogP contribution in [0.2, 0.25) is 0 Å². The van der Waals surface area contributed by atoms with E-state index in [0.29, 0.717) is 5.95 Å². The summed E-state index contributed by atoms with van der Waals surface area (Å²) in [5.41, 5.74) is 2.08. The number of alkyl halides is 1. The van der Waals surface area contributed by atoms with E-state index in [4.69, 9.17) is 16.3 Å². The second kappa shape index (κ2) is 8.32. The fourth-order valence-electron chi connectivity index (χ4n) is 3.27. The summed E-state index contributed by atoms with van der Waals surface area (Å²) >= 11 is 7.90. The zero-order valence-corrected chi connectivity index (χ0v) is 17.4. The van der Waals surface area contributed by atoms with Gasteiger partial charge in [0, 0.05) is 19.3 Å². The van der Waals surface area contributed by atoms with Crippen molar-refractivity contribution in [2.45, 2.75) is 25.1 Å². The normalized spacial score (nSPS) is 16.8. The van der Waals surface area contributed by atoms with Crippen LogP contribution in [0.5, 0.6) is 5.75 Å². The Morgan fingerprint density at radius 3 is 2.79 bits per heavy atom. The van der Waals surface area contributed by atoms with E-state index in [0.717, 1.165) is 58.8 Å². The van der Waals surface area contributed by atoms with Gasteiger partial charge in [0.2, 0.25) is 5.95 Å². The number of hydrogen-bond donors (Lipinski definition) is 1. The number of methoxy groups -OCH3 is 1. The van der Waals surface area contributed by atoms with Crippen molar-refractivity contribution < 1.29 is 4.74 Å². The molecule has 2 aromatic heterocycles. The summed E-state index contributed by atoms with van der Waals surface area (Å²) in [5.74, 6) is 2.28.